The van der Waals surface area contributed by atoms with Crippen molar-refractivity contribution in [3.8, 4) is 0 Å². The summed E-state index contributed by atoms with van der Waals surface area (Å²) in [5, 5.41) is 2.93. The fraction of sp³-hybridized carbons (Fsp3) is 0.250. The lowest BCUT2D eigenvalue weighted by Crippen LogP contribution is -2.37. The van der Waals surface area contributed by atoms with E-state index in [-0.39, 0.29) is 23.0 Å². The third-order valence-corrected chi connectivity index (χ3v) is 4.26. The molecular weight excluding hydrogens is 387 g/mol. The standard InChI is InChI=1S/C20H20ClFN2O4/c1-12-5-4-6-13(2)19(12)23-17(25)10-24(3)18(26)11-28-20(27)15-9-14(21)7-8-16(15)22/h4-9H,10-11H2,1-3H3,(H,23,25). The van der Waals surface area contributed by atoms with Gasteiger partial charge >= 0.3 is 5.97 Å². The molecule has 2 aromatic carbocycles. The van der Waals surface area contributed by atoms with Gasteiger partial charge in [-0.1, -0.05) is 29.8 Å². The molecule has 0 heterocycles. The van der Waals surface area contributed by atoms with Crippen LogP contribution in [0.25, 0.3) is 0 Å². The Morgan fingerprint density at radius 1 is 1.14 bits per heavy atom. The summed E-state index contributed by atoms with van der Waals surface area (Å²) in [6.45, 7) is 2.88. The fourth-order valence-corrected chi connectivity index (χ4v) is 2.64. The van der Waals surface area contributed by atoms with Gasteiger partial charge in [-0.05, 0) is 43.2 Å². The number of halogens is 2. The number of para-hydroxylation sites is 1. The van der Waals surface area contributed by atoms with Gasteiger partial charge in [0.15, 0.2) is 6.61 Å². The first-order valence-electron chi connectivity index (χ1n) is 8.41. The number of carbonyl (C=O) groups excluding carboxylic acids is 3. The minimum absolute atomic E-state index is 0.167. The van der Waals surface area contributed by atoms with Crippen molar-refractivity contribution in [3.05, 3.63) is 63.9 Å². The highest BCUT2D eigenvalue weighted by atomic mass is 35.5. The maximum Gasteiger partial charge on any atom is 0.341 e. The SMILES string of the molecule is Cc1cccc(C)c1NC(=O)CN(C)C(=O)COC(=O)c1cc(Cl)ccc1F. The summed E-state index contributed by atoms with van der Waals surface area (Å²) in [5.74, 6) is -2.81. The molecule has 2 amide bonds. The summed E-state index contributed by atoms with van der Waals surface area (Å²) in [5.41, 5.74) is 2.13. The van der Waals surface area contributed by atoms with E-state index >= 15 is 0 Å². The maximum atomic E-state index is 13.6. The molecule has 28 heavy (non-hydrogen) atoms. The van der Waals surface area contributed by atoms with Crippen molar-refractivity contribution in [1.82, 2.24) is 4.90 Å². The summed E-state index contributed by atoms with van der Waals surface area (Å²) in [6.07, 6.45) is 0. The number of esters is 1. The largest absolute Gasteiger partial charge is 0.452 e. The molecule has 0 spiro atoms. The number of nitrogens with zero attached hydrogens (tertiary/aromatic N) is 1. The van der Waals surface area contributed by atoms with Crippen molar-refractivity contribution in [2.45, 2.75) is 13.8 Å². The number of benzene rings is 2. The van der Waals surface area contributed by atoms with Crippen LogP contribution in [0.2, 0.25) is 5.02 Å². The lowest BCUT2D eigenvalue weighted by molar-refractivity contribution is -0.136. The van der Waals surface area contributed by atoms with Gasteiger partial charge in [-0.2, -0.15) is 0 Å². The number of nitrogens with one attached hydrogen (secondary N) is 1. The quantitative estimate of drug-likeness (QED) is 0.746. The normalized spacial score (nSPS) is 10.3. The molecule has 0 atom stereocenters. The second-order valence-electron chi connectivity index (χ2n) is 6.27. The van der Waals surface area contributed by atoms with Crippen LogP contribution in [-0.4, -0.2) is 42.9 Å². The summed E-state index contributed by atoms with van der Waals surface area (Å²) in [7, 11) is 1.40. The van der Waals surface area contributed by atoms with E-state index in [0.29, 0.717) is 5.69 Å². The van der Waals surface area contributed by atoms with Gasteiger partial charge in [0.2, 0.25) is 5.91 Å². The van der Waals surface area contributed by atoms with Gasteiger partial charge in [0.25, 0.3) is 5.91 Å². The summed E-state index contributed by atoms with van der Waals surface area (Å²) < 4.78 is 18.5. The molecule has 0 aliphatic rings. The molecule has 0 radical (unpaired) electrons. The Bertz CT molecular complexity index is 897. The fourth-order valence-electron chi connectivity index (χ4n) is 2.46. The molecule has 0 aromatic heterocycles. The van der Waals surface area contributed by atoms with Crippen LogP contribution >= 0.6 is 11.6 Å². The summed E-state index contributed by atoms with van der Waals surface area (Å²) >= 11 is 5.73. The predicted octanol–water partition coefficient (Wildman–Crippen LogP) is 3.35. The topological polar surface area (TPSA) is 75.7 Å². The van der Waals surface area contributed by atoms with E-state index in [1.165, 1.54) is 13.1 Å². The minimum atomic E-state index is -1.01. The van der Waals surface area contributed by atoms with Gasteiger partial charge in [-0.25, -0.2) is 9.18 Å². The van der Waals surface area contributed by atoms with Crippen molar-refractivity contribution in [2.75, 3.05) is 25.5 Å². The molecule has 148 valence electrons. The van der Waals surface area contributed by atoms with Crippen LogP contribution in [0.3, 0.4) is 0 Å². The van der Waals surface area contributed by atoms with E-state index in [1.807, 2.05) is 32.0 Å². The molecule has 2 aromatic rings. The van der Waals surface area contributed by atoms with Gasteiger partial charge < -0.3 is 15.0 Å². The van der Waals surface area contributed by atoms with Crippen LogP contribution in [0.5, 0.6) is 0 Å². The first kappa shape index (κ1) is 21.4. The van der Waals surface area contributed by atoms with Gasteiger partial charge in [0.05, 0.1) is 12.1 Å². The molecule has 0 fully saturated rings. The first-order chi connectivity index (χ1) is 13.2. The average Bonchev–Trinajstić information content (AvgIpc) is 2.64. The molecular formula is C20H20ClFN2O4. The van der Waals surface area contributed by atoms with Crippen molar-refractivity contribution in [2.24, 2.45) is 0 Å². The van der Waals surface area contributed by atoms with Gasteiger partial charge in [-0.3, -0.25) is 9.59 Å². The molecule has 0 aliphatic heterocycles. The average molecular weight is 407 g/mol. The zero-order chi connectivity index (χ0) is 20.8. The van der Waals surface area contributed by atoms with Crippen molar-refractivity contribution < 1.29 is 23.5 Å². The van der Waals surface area contributed by atoms with Crippen molar-refractivity contribution in [1.29, 1.82) is 0 Å². The highest BCUT2D eigenvalue weighted by molar-refractivity contribution is 6.30. The molecule has 1 N–H and O–H groups in total. The molecule has 0 unspecified atom stereocenters. The van der Waals surface area contributed by atoms with Crippen molar-refractivity contribution >= 4 is 35.1 Å². The third-order valence-electron chi connectivity index (χ3n) is 4.03. The molecule has 0 saturated heterocycles. The van der Waals surface area contributed by atoms with Gasteiger partial charge in [0.1, 0.15) is 5.82 Å². The van der Waals surface area contributed by atoms with E-state index in [0.717, 1.165) is 28.2 Å². The first-order valence-corrected chi connectivity index (χ1v) is 8.79. The number of rotatable bonds is 6. The lowest BCUT2D eigenvalue weighted by atomic mass is 10.1. The number of ether oxygens (including phenoxy) is 1. The van der Waals surface area contributed by atoms with E-state index in [2.05, 4.69) is 5.32 Å². The second kappa shape index (κ2) is 9.32. The Kier molecular flexibility index (Phi) is 7.12. The molecule has 6 nitrogen and oxygen atoms in total. The van der Waals surface area contributed by atoms with Gasteiger partial charge in [0, 0.05) is 17.8 Å². The van der Waals surface area contributed by atoms with Crippen molar-refractivity contribution in [3.63, 3.8) is 0 Å². The second-order valence-corrected chi connectivity index (χ2v) is 6.70. The Labute approximate surface area is 167 Å². The van der Waals surface area contributed by atoms with E-state index in [4.69, 9.17) is 16.3 Å². The van der Waals surface area contributed by atoms with E-state index < -0.39 is 24.3 Å². The highest BCUT2D eigenvalue weighted by Gasteiger charge is 2.19. The molecule has 0 bridgehead atoms. The third kappa shape index (κ3) is 5.53. The van der Waals surface area contributed by atoms with Crippen LogP contribution in [0.15, 0.2) is 36.4 Å². The monoisotopic (exact) mass is 406 g/mol. The van der Waals surface area contributed by atoms with Gasteiger partial charge in [-0.15, -0.1) is 0 Å². The number of hydrogen-bond donors (Lipinski definition) is 1. The maximum absolute atomic E-state index is 13.6. The predicted molar refractivity (Wildman–Crippen MR) is 104 cm³/mol. The summed E-state index contributed by atoms with van der Waals surface area (Å²) in [4.78, 5) is 37.3. The van der Waals surface area contributed by atoms with E-state index in [9.17, 15) is 18.8 Å². The lowest BCUT2D eigenvalue weighted by Gasteiger charge is -2.18. The zero-order valence-electron chi connectivity index (χ0n) is 15.7. The van der Waals surface area contributed by atoms with E-state index in [1.54, 1.807) is 0 Å². The van der Waals surface area contributed by atoms with Crippen LogP contribution in [-0.2, 0) is 14.3 Å². The Balaban J connectivity index is 1.89. The summed E-state index contributed by atoms with van der Waals surface area (Å²) in [6, 6.07) is 9.06. The molecule has 0 saturated carbocycles. The number of aryl methyl sites for hydroxylation is 2. The Hall–Kier alpha value is -2.93. The Morgan fingerprint density at radius 2 is 1.79 bits per heavy atom. The minimum Gasteiger partial charge on any atom is -0.452 e. The van der Waals surface area contributed by atoms with Crippen LogP contribution < -0.4 is 5.32 Å². The zero-order valence-corrected chi connectivity index (χ0v) is 16.5. The number of likely N-dealkylation sites (N-methyl/N-ethyl adjacent to an activating group) is 1. The number of amides is 2. The van der Waals surface area contributed by atoms with Crippen LogP contribution in [0.1, 0.15) is 21.5 Å². The van der Waals surface area contributed by atoms with Crippen LogP contribution in [0, 0.1) is 19.7 Å². The number of anilines is 1. The molecule has 0 aliphatic carbocycles. The molecule has 8 heteroatoms. The number of carbonyl (C=O) groups is 3. The van der Waals surface area contributed by atoms with Crippen LogP contribution in [0.4, 0.5) is 10.1 Å². The smallest absolute Gasteiger partial charge is 0.341 e. The molecule has 2 rings (SSSR count). The number of hydrogen-bond acceptors (Lipinski definition) is 4. The highest BCUT2D eigenvalue weighted by Crippen LogP contribution is 2.19. The Morgan fingerprint density at radius 3 is 2.43 bits per heavy atom.